The molecule has 2 heterocycles. The second-order valence-electron chi connectivity index (χ2n) is 10.3. The molecule has 38 heavy (non-hydrogen) atoms. The van der Waals surface area contributed by atoms with Crippen LogP contribution in [0.1, 0.15) is 52.7 Å². The number of hydrogen-bond donors (Lipinski definition) is 2. The molecule has 8 heteroatoms. The molecule has 0 aliphatic heterocycles. The van der Waals surface area contributed by atoms with E-state index in [2.05, 4.69) is 39.8 Å². The highest BCUT2D eigenvalue weighted by Crippen LogP contribution is 2.32. The summed E-state index contributed by atoms with van der Waals surface area (Å²) in [5.41, 5.74) is 4.63. The van der Waals surface area contributed by atoms with Gasteiger partial charge in [0.05, 0.1) is 22.9 Å². The van der Waals surface area contributed by atoms with Crippen molar-refractivity contribution in [1.82, 2.24) is 14.8 Å². The molecular weight excluding hydrogens is 478 g/mol. The van der Waals surface area contributed by atoms with Crippen LogP contribution in [0, 0.1) is 12.8 Å². The summed E-state index contributed by atoms with van der Waals surface area (Å²) in [6.45, 7) is 14.1. The number of carbonyl (C=O) groups excluding carboxylic acids is 2. The minimum Gasteiger partial charge on any atom is -0.456 e. The van der Waals surface area contributed by atoms with E-state index in [4.69, 9.17) is 4.74 Å². The molecule has 2 N–H and O–H groups in total. The Morgan fingerprint density at radius 1 is 1.08 bits per heavy atom. The highest BCUT2D eigenvalue weighted by molar-refractivity contribution is 5.96. The molecule has 4 aromatic rings. The number of nitrogens with one attached hydrogen (secondary N) is 2. The van der Waals surface area contributed by atoms with Crippen molar-refractivity contribution in [2.45, 2.75) is 60.4 Å². The molecule has 0 spiro atoms. The highest BCUT2D eigenvalue weighted by atomic mass is 16.5. The van der Waals surface area contributed by atoms with Crippen LogP contribution < -0.4 is 15.4 Å². The number of ether oxygens (including phenoxy) is 1. The van der Waals surface area contributed by atoms with Crippen molar-refractivity contribution in [3.8, 4) is 11.5 Å². The molecule has 0 saturated heterocycles. The Bertz CT molecular complexity index is 1400. The molecule has 0 fully saturated rings. The summed E-state index contributed by atoms with van der Waals surface area (Å²) < 4.78 is 7.98. The summed E-state index contributed by atoms with van der Waals surface area (Å²) in [7, 11) is 0. The van der Waals surface area contributed by atoms with E-state index in [0.29, 0.717) is 6.41 Å². The number of anilines is 2. The normalized spacial score (nSPS) is 11.1. The van der Waals surface area contributed by atoms with E-state index in [9.17, 15) is 9.59 Å². The second kappa shape index (κ2) is 12.4. The van der Waals surface area contributed by atoms with Crippen LogP contribution in [0.15, 0.2) is 61.1 Å². The number of rotatable bonds is 7. The maximum atomic E-state index is 12.0. The van der Waals surface area contributed by atoms with Gasteiger partial charge < -0.3 is 15.4 Å². The molecule has 2 aromatic heterocycles. The topological polar surface area (TPSA) is 98.1 Å². The van der Waals surface area contributed by atoms with Crippen LogP contribution in [0.3, 0.4) is 0 Å². The Balaban J connectivity index is 0.000000279. The number of amides is 2. The van der Waals surface area contributed by atoms with Gasteiger partial charge in [0.15, 0.2) is 0 Å². The van der Waals surface area contributed by atoms with Gasteiger partial charge in [-0.1, -0.05) is 32.9 Å². The number of nitrogens with zero attached hydrogens (tertiary/aromatic N) is 3. The number of benzene rings is 2. The van der Waals surface area contributed by atoms with E-state index in [-0.39, 0.29) is 17.4 Å². The van der Waals surface area contributed by atoms with E-state index in [1.54, 1.807) is 23.3 Å². The van der Waals surface area contributed by atoms with Crippen LogP contribution in [-0.2, 0) is 21.5 Å². The van der Waals surface area contributed by atoms with Crippen LogP contribution in [-0.4, -0.2) is 27.1 Å². The number of fused-ring (bicyclic) bond motifs is 1. The van der Waals surface area contributed by atoms with E-state index in [0.717, 1.165) is 45.8 Å². The molecule has 2 amide bonds. The first-order valence-corrected chi connectivity index (χ1v) is 12.7. The van der Waals surface area contributed by atoms with Gasteiger partial charge in [-0.05, 0) is 75.6 Å². The van der Waals surface area contributed by atoms with Crippen LogP contribution in [0.5, 0.6) is 11.5 Å². The molecule has 0 aliphatic rings. The number of pyridine rings is 1. The van der Waals surface area contributed by atoms with Crippen molar-refractivity contribution < 1.29 is 14.3 Å². The van der Waals surface area contributed by atoms with Gasteiger partial charge in [-0.3, -0.25) is 19.3 Å². The van der Waals surface area contributed by atoms with Crippen molar-refractivity contribution in [1.29, 1.82) is 0 Å². The number of aryl methyl sites for hydroxylation is 2. The third kappa shape index (κ3) is 7.41. The fraction of sp³-hybridized carbons (Fsp3) is 0.333. The van der Waals surface area contributed by atoms with Gasteiger partial charge >= 0.3 is 0 Å². The summed E-state index contributed by atoms with van der Waals surface area (Å²) in [4.78, 5) is 26.5. The molecule has 0 atom stereocenters. The van der Waals surface area contributed by atoms with E-state index in [1.165, 1.54) is 5.56 Å². The molecule has 0 aliphatic carbocycles. The Morgan fingerprint density at radius 3 is 2.45 bits per heavy atom. The Hall–Kier alpha value is -4.20. The van der Waals surface area contributed by atoms with Crippen molar-refractivity contribution >= 4 is 34.6 Å². The first-order chi connectivity index (χ1) is 18.0. The van der Waals surface area contributed by atoms with Gasteiger partial charge in [0, 0.05) is 29.4 Å². The second-order valence-corrected chi connectivity index (χ2v) is 10.3. The lowest BCUT2D eigenvalue weighted by Crippen LogP contribution is -2.21. The monoisotopic (exact) mass is 515 g/mol. The quantitative estimate of drug-likeness (QED) is 0.267. The molecule has 200 valence electrons. The first-order valence-electron chi connectivity index (χ1n) is 12.7. The SMILES string of the molecule is CC(C)(C)n1cc(NC=O)cn1.CCc1ccc(Oc2ccnc3ccc(NC(=O)C(C)C)cc23)c(C)c1. The number of aromatic nitrogens is 3. The molecule has 4 rings (SSSR count). The standard InChI is InChI=1S/C22H24N2O2.C8H13N3O/c1-5-16-6-9-20(15(4)12-16)26-21-10-11-23-19-8-7-17(13-18(19)21)24-22(25)14(2)3;1-8(2,3)11-5-7(4-10-11)9-6-12/h6-14H,5H2,1-4H3,(H,24,25);4-6H,1-3H3,(H,9,12). The Kier molecular flexibility index (Phi) is 9.23. The predicted octanol–water partition coefficient (Wildman–Crippen LogP) is 6.70. The molecule has 0 saturated carbocycles. The van der Waals surface area contributed by atoms with Gasteiger partial charge in [0.1, 0.15) is 11.5 Å². The maximum Gasteiger partial charge on any atom is 0.226 e. The van der Waals surface area contributed by atoms with Crippen molar-refractivity contribution in [3.63, 3.8) is 0 Å². The molecule has 0 bridgehead atoms. The van der Waals surface area contributed by atoms with E-state index < -0.39 is 0 Å². The lowest BCUT2D eigenvalue weighted by Gasteiger charge is -2.18. The van der Waals surface area contributed by atoms with Crippen molar-refractivity contribution in [2.75, 3.05) is 10.6 Å². The molecule has 0 radical (unpaired) electrons. The molecule has 2 aromatic carbocycles. The Labute approximate surface area is 224 Å². The van der Waals surface area contributed by atoms with Crippen LogP contribution >= 0.6 is 0 Å². The van der Waals surface area contributed by atoms with Gasteiger partial charge in [-0.2, -0.15) is 5.10 Å². The van der Waals surface area contributed by atoms with Crippen LogP contribution in [0.2, 0.25) is 0 Å². The highest BCUT2D eigenvalue weighted by Gasteiger charge is 2.13. The van der Waals surface area contributed by atoms with Gasteiger partial charge in [-0.25, -0.2) is 0 Å². The average Bonchev–Trinajstić information content (AvgIpc) is 3.35. The van der Waals surface area contributed by atoms with Crippen molar-refractivity contribution in [2.24, 2.45) is 5.92 Å². The molecule has 8 nitrogen and oxygen atoms in total. The zero-order valence-electron chi connectivity index (χ0n) is 23.2. The third-order valence-electron chi connectivity index (χ3n) is 5.86. The van der Waals surface area contributed by atoms with Crippen LogP contribution in [0.4, 0.5) is 11.4 Å². The molecular formula is C30H37N5O3. The maximum absolute atomic E-state index is 12.0. The zero-order valence-corrected chi connectivity index (χ0v) is 23.2. The third-order valence-corrected chi connectivity index (χ3v) is 5.86. The summed E-state index contributed by atoms with van der Waals surface area (Å²) in [6.07, 6.45) is 6.80. The lowest BCUT2D eigenvalue weighted by molar-refractivity contribution is -0.118. The first kappa shape index (κ1) is 28.4. The van der Waals surface area contributed by atoms with E-state index >= 15 is 0 Å². The zero-order chi connectivity index (χ0) is 27.9. The molecule has 0 unspecified atom stereocenters. The van der Waals surface area contributed by atoms with Crippen LogP contribution in [0.25, 0.3) is 10.9 Å². The Morgan fingerprint density at radius 2 is 1.84 bits per heavy atom. The average molecular weight is 516 g/mol. The summed E-state index contributed by atoms with van der Waals surface area (Å²) >= 11 is 0. The fourth-order valence-corrected chi connectivity index (χ4v) is 3.57. The minimum absolute atomic E-state index is 0.0123. The fourth-order valence-electron chi connectivity index (χ4n) is 3.57. The smallest absolute Gasteiger partial charge is 0.226 e. The predicted molar refractivity (Wildman–Crippen MR) is 153 cm³/mol. The minimum atomic E-state index is -0.0740. The van der Waals surface area contributed by atoms with Gasteiger partial charge in [-0.15, -0.1) is 0 Å². The lowest BCUT2D eigenvalue weighted by atomic mass is 10.1. The van der Waals surface area contributed by atoms with Gasteiger partial charge in [0.2, 0.25) is 12.3 Å². The largest absolute Gasteiger partial charge is 0.456 e. The summed E-state index contributed by atoms with van der Waals surface area (Å²) in [5.74, 6) is 1.46. The van der Waals surface area contributed by atoms with E-state index in [1.807, 2.05) is 71.9 Å². The number of hydrogen-bond acceptors (Lipinski definition) is 5. The van der Waals surface area contributed by atoms with Crippen molar-refractivity contribution in [3.05, 3.63) is 72.2 Å². The summed E-state index contributed by atoms with van der Waals surface area (Å²) in [6, 6.07) is 13.8. The van der Waals surface area contributed by atoms with Gasteiger partial charge in [0.25, 0.3) is 0 Å². The number of carbonyl (C=O) groups is 2. The summed E-state index contributed by atoms with van der Waals surface area (Å²) in [5, 5.41) is 10.4.